The zero-order valence-corrected chi connectivity index (χ0v) is 14.6. The Balaban J connectivity index is 1.59. The fourth-order valence-electron chi connectivity index (χ4n) is 2.79. The van der Waals surface area contributed by atoms with Crippen molar-refractivity contribution in [3.63, 3.8) is 0 Å². The predicted octanol–water partition coefficient (Wildman–Crippen LogP) is 4.64. The maximum atomic E-state index is 13.8. The standard InChI is InChI=1S/C20H16FN3OS/c21-16-9-5-4-8-14(16)17(25)11-22-19-15-10-18(13-6-2-1-3-7-13)26-20(15)24-12-23-19/h1-10,12,17,25H,11H2,(H,22,23,24). The van der Waals surface area contributed by atoms with Crippen LogP contribution in [0.1, 0.15) is 11.7 Å². The van der Waals surface area contributed by atoms with E-state index in [1.165, 1.54) is 12.4 Å². The van der Waals surface area contributed by atoms with Crippen LogP contribution >= 0.6 is 11.3 Å². The van der Waals surface area contributed by atoms with Crippen LogP contribution in [-0.4, -0.2) is 21.6 Å². The molecule has 0 radical (unpaired) electrons. The monoisotopic (exact) mass is 365 g/mol. The molecule has 6 heteroatoms. The molecule has 0 aliphatic rings. The van der Waals surface area contributed by atoms with Gasteiger partial charge in [0, 0.05) is 17.0 Å². The Hall–Kier alpha value is -2.83. The van der Waals surface area contributed by atoms with Crippen LogP contribution < -0.4 is 5.32 Å². The Labute approximate surface area is 154 Å². The van der Waals surface area contributed by atoms with Gasteiger partial charge in [-0.25, -0.2) is 14.4 Å². The smallest absolute Gasteiger partial charge is 0.138 e. The third-order valence-corrected chi connectivity index (χ3v) is 5.21. The largest absolute Gasteiger partial charge is 0.386 e. The molecule has 2 N–H and O–H groups in total. The second-order valence-electron chi connectivity index (χ2n) is 5.84. The minimum atomic E-state index is -0.964. The van der Waals surface area contributed by atoms with E-state index in [2.05, 4.69) is 15.3 Å². The van der Waals surface area contributed by atoms with Gasteiger partial charge in [0.2, 0.25) is 0 Å². The van der Waals surface area contributed by atoms with Crippen molar-refractivity contribution in [2.24, 2.45) is 0 Å². The summed E-state index contributed by atoms with van der Waals surface area (Å²) in [4.78, 5) is 10.6. The number of rotatable bonds is 5. The van der Waals surface area contributed by atoms with Gasteiger partial charge in [-0.2, -0.15) is 0 Å². The molecule has 0 saturated heterocycles. The van der Waals surface area contributed by atoms with Crippen LogP contribution in [0.3, 0.4) is 0 Å². The van der Waals surface area contributed by atoms with Gasteiger partial charge in [0.15, 0.2) is 0 Å². The highest BCUT2D eigenvalue weighted by molar-refractivity contribution is 7.21. The number of aromatic nitrogens is 2. The van der Waals surface area contributed by atoms with E-state index in [1.807, 2.05) is 36.4 Å². The lowest BCUT2D eigenvalue weighted by molar-refractivity contribution is 0.186. The maximum absolute atomic E-state index is 13.8. The third-order valence-electron chi connectivity index (χ3n) is 4.11. The average Bonchev–Trinajstić information content (AvgIpc) is 3.12. The van der Waals surface area contributed by atoms with E-state index in [9.17, 15) is 9.50 Å². The lowest BCUT2D eigenvalue weighted by atomic mass is 10.1. The summed E-state index contributed by atoms with van der Waals surface area (Å²) in [6.07, 6.45) is 0.527. The quantitative estimate of drug-likeness (QED) is 0.541. The van der Waals surface area contributed by atoms with Crippen LogP contribution in [0, 0.1) is 5.82 Å². The van der Waals surface area contributed by atoms with Crippen molar-refractivity contribution in [3.8, 4) is 10.4 Å². The van der Waals surface area contributed by atoms with Gasteiger partial charge >= 0.3 is 0 Å². The molecular formula is C20H16FN3OS. The Morgan fingerprint density at radius 1 is 1.04 bits per heavy atom. The highest BCUT2D eigenvalue weighted by atomic mass is 32.1. The summed E-state index contributed by atoms with van der Waals surface area (Å²) >= 11 is 1.58. The Morgan fingerprint density at radius 3 is 2.62 bits per heavy atom. The minimum Gasteiger partial charge on any atom is -0.386 e. The molecule has 1 atom stereocenters. The summed E-state index contributed by atoms with van der Waals surface area (Å²) < 4.78 is 13.8. The van der Waals surface area contributed by atoms with E-state index in [4.69, 9.17) is 0 Å². The lowest BCUT2D eigenvalue weighted by Crippen LogP contribution is -2.14. The van der Waals surface area contributed by atoms with Gasteiger partial charge in [-0.3, -0.25) is 0 Å². The van der Waals surface area contributed by atoms with Crippen molar-refractivity contribution in [1.29, 1.82) is 0 Å². The Morgan fingerprint density at radius 2 is 1.81 bits per heavy atom. The molecule has 2 aromatic carbocycles. The lowest BCUT2D eigenvalue weighted by Gasteiger charge is -2.13. The van der Waals surface area contributed by atoms with Crippen molar-refractivity contribution < 1.29 is 9.50 Å². The fraction of sp³-hybridized carbons (Fsp3) is 0.100. The number of hydrogen-bond donors (Lipinski definition) is 2. The molecule has 0 aliphatic heterocycles. The van der Waals surface area contributed by atoms with Crippen molar-refractivity contribution in [3.05, 3.63) is 78.4 Å². The van der Waals surface area contributed by atoms with Gasteiger partial charge in [0.1, 0.15) is 22.8 Å². The van der Waals surface area contributed by atoms with E-state index in [0.717, 1.165) is 20.7 Å². The van der Waals surface area contributed by atoms with Gasteiger partial charge in [0.25, 0.3) is 0 Å². The first-order chi connectivity index (χ1) is 12.7. The molecule has 0 aliphatic carbocycles. The molecule has 4 aromatic rings. The Bertz CT molecular complexity index is 1040. The zero-order valence-electron chi connectivity index (χ0n) is 13.8. The van der Waals surface area contributed by atoms with Crippen LogP contribution in [0.5, 0.6) is 0 Å². The molecule has 2 aromatic heterocycles. The summed E-state index contributed by atoms with van der Waals surface area (Å²) in [5.74, 6) is 0.209. The number of aliphatic hydroxyl groups excluding tert-OH is 1. The summed E-state index contributed by atoms with van der Waals surface area (Å²) in [6, 6.07) is 18.3. The molecule has 0 saturated carbocycles. The highest BCUT2D eigenvalue weighted by Gasteiger charge is 2.14. The van der Waals surface area contributed by atoms with Crippen molar-refractivity contribution >= 4 is 27.4 Å². The molecule has 4 rings (SSSR count). The summed E-state index contributed by atoms with van der Waals surface area (Å²) in [7, 11) is 0. The molecule has 0 fully saturated rings. The first-order valence-electron chi connectivity index (χ1n) is 8.18. The average molecular weight is 365 g/mol. The molecule has 130 valence electrons. The van der Waals surface area contributed by atoms with Crippen molar-refractivity contribution in [2.75, 3.05) is 11.9 Å². The molecule has 4 nitrogen and oxygen atoms in total. The molecule has 2 heterocycles. The van der Waals surface area contributed by atoms with Crippen molar-refractivity contribution in [2.45, 2.75) is 6.10 Å². The van der Waals surface area contributed by atoms with Gasteiger partial charge in [0.05, 0.1) is 11.5 Å². The number of hydrogen-bond acceptors (Lipinski definition) is 5. The number of nitrogens with zero attached hydrogens (tertiary/aromatic N) is 2. The number of benzene rings is 2. The molecule has 0 amide bonds. The van der Waals surface area contributed by atoms with Gasteiger partial charge in [-0.1, -0.05) is 48.5 Å². The van der Waals surface area contributed by atoms with Crippen LogP contribution in [0.15, 0.2) is 67.0 Å². The number of thiophene rings is 1. The minimum absolute atomic E-state index is 0.156. The Kier molecular flexibility index (Phi) is 4.60. The van der Waals surface area contributed by atoms with E-state index < -0.39 is 11.9 Å². The molecule has 0 spiro atoms. The first kappa shape index (κ1) is 16.6. The maximum Gasteiger partial charge on any atom is 0.138 e. The second kappa shape index (κ2) is 7.19. The number of nitrogens with one attached hydrogen (secondary N) is 1. The molecule has 26 heavy (non-hydrogen) atoms. The summed E-state index contributed by atoms with van der Waals surface area (Å²) in [6.45, 7) is 0.156. The first-order valence-corrected chi connectivity index (χ1v) is 9.00. The SMILES string of the molecule is OC(CNc1ncnc2sc(-c3ccccc3)cc12)c1ccccc1F. The van der Waals surface area contributed by atoms with E-state index in [1.54, 1.807) is 29.5 Å². The fourth-order valence-corrected chi connectivity index (χ4v) is 3.79. The summed E-state index contributed by atoms with van der Waals surface area (Å²) in [5, 5.41) is 14.3. The number of fused-ring (bicyclic) bond motifs is 1. The van der Waals surface area contributed by atoms with Crippen LogP contribution in [0.2, 0.25) is 0 Å². The van der Waals surface area contributed by atoms with Crippen molar-refractivity contribution in [1.82, 2.24) is 9.97 Å². The van der Waals surface area contributed by atoms with E-state index in [0.29, 0.717) is 5.82 Å². The molecule has 0 bridgehead atoms. The zero-order chi connectivity index (χ0) is 17.9. The molecule has 1 unspecified atom stereocenters. The van der Waals surface area contributed by atoms with E-state index >= 15 is 0 Å². The number of halogens is 1. The predicted molar refractivity (Wildman–Crippen MR) is 103 cm³/mol. The van der Waals surface area contributed by atoms with Gasteiger partial charge in [-0.05, 0) is 17.7 Å². The summed E-state index contributed by atoms with van der Waals surface area (Å²) in [5.41, 5.74) is 1.38. The van der Waals surface area contributed by atoms with Gasteiger partial charge in [-0.15, -0.1) is 11.3 Å². The topological polar surface area (TPSA) is 58.0 Å². The number of anilines is 1. The van der Waals surface area contributed by atoms with Gasteiger partial charge < -0.3 is 10.4 Å². The van der Waals surface area contributed by atoms with Crippen LogP contribution in [0.4, 0.5) is 10.2 Å². The third kappa shape index (κ3) is 3.29. The highest BCUT2D eigenvalue weighted by Crippen LogP contribution is 2.35. The number of aliphatic hydroxyl groups is 1. The molecular weight excluding hydrogens is 349 g/mol. The van der Waals surface area contributed by atoms with E-state index in [-0.39, 0.29) is 12.1 Å². The second-order valence-corrected chi connectivity index (χ2v) is 6.87. The normalized spacial score (nSPS) is 12.2. The van der Waals surface area contributed by atoms with Crippen LogP contribution in [0.25, 0.3) is 20.7 Å². The van der Waals surface area contributed by atoms with Crippen LogP contribution in [-0.2, 0) is 0 Å².